The van der Waals surface area contributed by atoms with Crippen LogP contribution in [0.25, 0.3) is 0 Å². The Labute approximate surface area is 99.5 Å². The lowest BCUT2D eigenvalue weighted by atomic mass is 9.97. The van der Waals surface area contributed by atoms with E-state index >= 15 is 0 Å². The molecule has 2 rings (SSSR count). The van der Waals surface area contributed by atoms with Crippen LogP contribution >= 0.6 is 0 Å². The first-order valence-corrected chi connectivity index (χ1v) is 6.80. The highest BCUT2D eigenvalue weighted by Crippen LogP contribution is 2.22. The Morgan fingerprint density at radius 1 is 1.44 bits per heavy atom. The Balaban J connectivity index is 1.88. The van der Waals surface area contributed by atoms with Gasteiger partial charge in [0.25, 0.3) is 0 Å². The number of hydrogen-bond acceptors (Lipinski definition) is 3. The quantitative estimate of drug-likeness (QED) is 0.769. The van der Waals surface area contributed by atoms with Crippen molar-refractivity contribution >= 4 is 0 Å². The van der Waals surface area contributed by atoms with Crippen LogP contribution in [-0.4, -0.2) is 50.3 Å². The fraction of sp³-hybridized carbons (Fsp3) is 1.00. The summed E-state index contributed by atoms with van der Waals surface area (Å²) in [6, 6.07) is 0.697. The third kappa shape index (κ3) is 3.19. The van der Waals surface area contributed by atoms with Crippen molar-refractivity contribution in [3.63, 3.8) is 0 Å². The van der Waals surface area contributed by atoms with E-state index in [9.17, 15) is 0 Å². The molecule has 3 unspecified atom stereocenters. The van der Waals surface area contributed by atoms with Crippen LogP contribution in [0.5, 0.6) is 0 Å². The largest absolute Gasteiger partial charge is 0.381 e. The molecule has 0 spiro atoms. The molecule has 0 amide bonds. The van der Waals surface area contributed by atoms with Crippen LogP contribution in [0, 0.1) is 11.8 Å². The van der Waals surface area contributed by atoms with Crippen LogP contribution in [0.2, 0.25) is 0 Å². The average Bonchev–Trinajstić information content (AvgIpc) is 2.75. The van der Waals surface area contributed by atoms with E-state index in [1.807, 2.05) is 0 Å². The fourth-order valence-corrected chi connectivity index (χ4v) is 2.91. The standard InChI is InChI=1S/C13H26N2O/c1-11-8-14-5-3-6-15(9-11)12(2)13-4-7-16-10-13/h11-14H,3-10H2,1-2H3. The van der Waals surface area contributed by atoms with Crippen LogP contribution in [0.4, 0.5) is 0 Å². The Hall–Kier alpha value is -0.120. The minimum Gasteiger partial charge on any atom is -0.381 e. The van der Waals surface area contributed by atoms with Gasteiger partial charge in [-0.1, -0.05) is 6.92 Å². The van der Waals surface area contributed by atoms with Gasteiger partial charge in [0.05, 0.1) is 6.61 Å². The second kappa shape index (κ2) is 5.99. The molecule has 2 fully saturated rings. The molecule has 0 bridgehead atoms. The molecule has 1 N–H and O–H groups in total. The molecule has 2 saturated heterocycles. The fourth-order valence-electron chi connectivity index (χ4n) is 2.91. The number of nitrogens with zero attached hydrogens (tertiary/aromatic N) is 1. The molecule has 94 valence electrons. The molecule has 0 aliphatic carbocycles. The van der Waals surface area contributed by atoms with Crippen molar-refractivity contribution in [3.8, 4) is 0 Å². The normalized spacial score (nSPS) is 35.6. The Morgan fingerprint density at radius 2 is 2.31 bits per heavy atom. The van der Waals surface area contributed by atoms with Crippen LogP contribution < -0.4 is 5.32 Å². The van der Waals surface area contributed by atoms with Crippen LogP contribution in [0.3, 0.4) is 0 Å². The molecule has 0 saturated carbocycles. The molecule has 3 nitrogen and oxygen atoms in total. The van der Waals surface area contributed by atoms with Crippen molar-refractivity contribution in [3.05, 3.63) is 0 Å². The van der Waals surface area contributed by atoms with Gasteiger partial charge < -0.3 is 10.1 Å². The first kappa shape index (κ1) is 12.3. The summed E-state index contributed by atoms with van der Waals surface area (Å²) in [6.07, 6.45) is 2.54. The zero-order chi connectivity index (χ0) is 11.4. The smallest absolute Gasteiger partial charge is 0.0509 e. The van der Waals surface area contributed by atoms with E-state index in [1.165, 1.54) is 39.0 Å². The summed E-state index contributed by atoms with van der Waals surface area (Å²) < 4.78 is 5.51. The van der Waals surface area contributed by atoms with Crippen molar-refractivity contribution in [2.75, 3.05) is 39.4 Å². The van der Waals surface area contributed by atoms with Crippen molar-refractivity contribution in [1.29, 1.82) is 0 Å². The molecule has 3 atom stereocenters. The van der Waals surface area contributed by atoms with Gasteiger partial charge in [-0.05, 0) is 51.2 Å². The van der Waals surface area contributed by atoms with E-state index in [4.69, 9.17) is 4.74 Å². The highest BCUT2D eigenvalue weighted by molar-refractivity contribution is 4.81. The molecule has 0 aromatic rings. The van der Waals surface area contributed by atoms with Gasteiger partial charge in [0, 0.05) is 19.2 Å². The highest BCUT2D eigenvalue weighted by atomic mass is 16.5. The second-order valence-electron chi connectivity index (χ2n) is 5.52. The molecule has 0 aromatic carbocycles. The first-order valence-electron chi connectivity index (χ1n) is 6.80. The van der Waals surface area contributed by atoms with Crippen LogP contribution in [-0.2, 0) is 4.74 Å². The lowest BCUT2D eigenvalue weighted by Crippen LogP contribution is -2.45. The van der Waals surface area contributed by atoms with Gasteiger partial charge in [-0.2, -0.15) is 0 Å². The van der Waals surface area contributed by atoms with Crippen molar-refractivity contribution < 1.29 is 4.74 Å². The molecule has 0 aromatic heterocycles. The number of ether oxygens (including phenoxy) is 1. The van der Waals surface area contributed by atoms with E-state index in [0.29, 0.717) is 6.04 Å². The predicted molar refractivity (Wildman–Crippen MR) is 66.6 cm³/mol. The van der Waals surface area contributed by atoms with E-state index in [1.54, 1.807) is 0 Å². The summed E-state index contributed by atoms with van der Waals surface area (Å²) in [5.74, 6) is 1.53. The van der Waals surface area contributed by atoms with Gasteiger partial charge in [-0.25, -0.2) is 0 Å². The third-order valence-corrected chi connectivity index (χ3v) is 4.06. The minimum absolute atomic E-state index is 0.697. The molecular weight excluding hydrogens is 200 g/mol. The van der Waals surface area contributed by atoms with E-state index in [2.05, 4.69) is 24.1 Å². The Kier molecular flexibility index (Phi) is 4.62. The van der Waals surface area contributed by atoms with Gasteiger partial charge in [0.2, 0.25) is 0 Å². The molecule has 2 aliphatic heterocycles. The molecule has 0 radical (unpaired) electrons. The third-order valence-electron chi connectivity index (χ3n) is 4.06. The Morgan fingerprint density at radius 3 is 3.06 bits per heavy atom. The summed E-state index contributed by atoms with van der Waals surface area (Å²) in [5, 5.41) is 3.51. The summed E-state index contributed by atoms with van der Waals surface area (Å²) in [4.78, 5) is 2.69. The van der Waals surface area contributed by atoms with Gasteiger partial charge in [0.1, 0.15) is 0 Å². The highest BCUT2D eigenvalue weighted by Gasteiger charge is 2.28. The van der Waals surface area contributed by atoms with E-state index in [-0.39, 0.29) is 0 Å². The monoisotopic (exact) mass is 226 g/mol. The number of nitrogens with one attached hydrogen (secondary N) is 1. The van der Waals surface area contributed by atoms with Crippen molar-refractivity contribution in [2.24, 2.45) is 11.8 Å². The maximum absolute atomic E-state index is 5.51. The average molecular weight is 226 g/mol. The van der Waals surface area contributed by atoms with E-state index in [0.717, 1.165) is 25.0 Å². The van der Waals surface area contributed by atoms with Crippen LogP contribution in [0.1, 0.15) is 26.7 Å². The maximum atomic E-state index is 5.51. The van der Waals surface area contributed by atoms with E-state index < -0.39 is 0 Å². The summed E-state index contributed by atoms with van der Waals surface area (Å²) in [7, 11) is 0. The van der Waals surface area contributed by atoms with Crippen molar-refractivity contribution in [2.45, 2.75) is 32.7 Å². The lowest BCUT2D eigenvalue weighted by Gasteiger charge is -2.36. The second-order valence-corrected chi connectivity index (χ2v) is 5.52. The maximum Gasteiger partial charge on any atom is 0.0509 e. The summed E-state index contributed by atoms with van der Waals surface area (Å²) in [5.41, 5.74) is 0. The molecule has 2 heterocycles. The number of rotatable bonds is 2. The summed E-state index contributed by atoms with van der Waals surface area (Å²) in [6.45, 7) is 11.5. The van der Waals surface area contributed by atoms with Crippen LogP contribution in [0.15, 0.2) is 0 Å². The lowest BCUT2D eigenvalue weighted by molar-refractivity contribution is 0.108. The van der Waals surface area contributed by atoms with Gasteiger partial charge in [-0.15, -0.1) is 0 Å². The van der Waals surface area contributed by atoms with Gasteiger partial charge in [0.15, 0.2) is 0 Å². The topological polar surface area (TPSA) is 24.5 Å². The predicted octanol–water partition coefficient (Wildman–Crippen LogP) is 1.34. The van der Waals surface area contributed by atoms with Gasteiger partial charge in [-0.3, -0.25) is 4.90 Å². The molecule has 3 heteroatoms. The molecular formula is C13H26N2O. The number of hydrogen-bond donors (Lipinski definition) is 1. The van der Waals surface area contributed by atoms with Gasteiger partial charge >= 0.3 is 0 Å². The zero-order valence-electron chi connectivity index (χ0n) is 10.7. The van der Waals surface area contributed by atoms with Crippen molar-refractivity contribution in [1.82, 2.24) is 10.2 Å². The Bertz CT molecular complexity index is 204. The molecule has 2 aliphatic rings. The SMILES string of the molecule is CC1CNCCCN(C(C)C2CCOC2)C1. The minimum atomic E-state index is 0.697. The summed E-state index contributed by atoms with van der Waals surface area (Å²) >= 11 is 0. The molecule has 16 heavy (non-hydrogen) atoms. The first-order chi connectivity index (χ1) is 7.77. The zero-order valence-corrected chi connectivity index (χ0v) is 10.7.